The Morgan fingerprint density at radius 3 is 2.47 bits per heavy atom. The molecule has 0 aliphatic carbocycles. The molecule has 2 aromatic heterocycles. The van der Waals surface area contributed by atoms with Gasteiger partial charge in [-0.3, -0.25) is 4.79 Å². The fraction of sp³-hybridized carbons (Fsp3) is 0.105. The first kappa shape index (κ1) is 20.5. The topological polar surface area (TPSA) is 98.9 Å². The summed E-state index contributed by atoms with van der Waals surface area (Å²) in [7, 11) is -1.97. The Labute approximate surface area is 181 Å². The highest BCUT2D eigenvalue weighted by molar-refractivity contribution is 7.89. The monoisotopic (exact) mass is 463 g/mol. The van der Waals surface area contributed by atoms with E-state index in [4.69, 9.17) is 23.2 Å². The van der Waals surface area contributed by atoms with Gasteiger partial charge in [-0.05, 0) is 36.4 Å². The number of nitrogens with one attached hydrogen (secondary N) is 1. The fourth-order valence-electron chi connectivity index (χ4n) is 2.96. The first-order valence-corrected chi connectivity index (χ1v) is 11.0. The molecule has 11 heteroatoms. The average molecular weight is 464 g/mol. The highest BCUT2D eigenvalue weighted by atomic mass is 35.5. The van der Waals surface area contributed by atoms with Gasteiger partial charge in [0.25, 0.3) is 5.56 Å². The van der Waals surface area contributed by atoms with Crippen LogP contribution in [0.25, 0.3) is 16.7 Å². The number of benzene rings is 2. The van der Waals surface area contributed by atoms with Crippen LogP contribution in [-0.2, 0) is 23.6 Å². The number of nitrogens with zero attached hydrogens (tertiary/aromatic N) is 4. The molecule has 0 spiro atoms. The van der Waals surface area contributed by atoms with Crippen molar-refractivity contribution in [3.05, 3.63) is 81.0 Å². The number of rotatable bonds is 5. The van der Waals surface area contributed by atoms with E-state index in [-0.39, 0.29) is 21.5 Å². The minimum atomic E-state index is -3.79. The van der Waals surface area contributed by atoms with Crippen LogP contribution in [0.1, 0.15) is 5.82 Å². The van der Waals surface area contributed by atoms with E-state index >= 15 is 0 Å². The van der Waals surface area contributed by atoms with Crippen LogP contribution in [0.4, 0.5) is 0 Å². The third kappa shape index (κ3) is 3.72. The predicted molar refractivity (Wildman–Crippen MR) is 115 cm³/mol. The van der Waals surface area contributed by atoms with Crippen molar-refractivity contribution in [3.63, 3.8) is 0 Å². The van der Waals surface area contributed by atoms with Crippen molar-refractivity contribution in [3.8, 4) is 5.69 Å². The number of para-hydroxylation sites is 2. The SMILES string of the molecule is Cn1c(CNS(=O)(=O)c2ccc(-n3ncc(Cl)c(Cl)c3=O)cc2)nc2ccccc21. The lowest BCUT2D eigenvalue weighted by molar-refractivity contribution is 0.578. The smallest absolute Gasteiger partial charge is 0.291 e. The molecule has 0 amide bonds. The summed E-state index contributed by atoms with van der Waals surface area (Å²) >= 11 is 11.6. The first-order chi connectivity index (χ1) is 14.3. The summed E-state index contributed by atoms with van der Waals surface area (Å²) in [5.74, 6) is 0.586. The van der Waals surface area contributed by atoms with Crippen LogP contribution in [0, 0.1) is 0 Å². The van der Waals surface area contributed by atoms with Crippen LogP contribution < -0.4 is 10.3 Å². The van der Waals surface area contributed by atoms with Gasteiger partial charge in [-0.1, -0.05) is 35.3 Å². The van der Waals surface area contributed by atoms with E-state index in [0.717, 1.165) is 15.7 Å². The molecular formula is C19H15Cl2N5O3S. The van der Waals surface area contributed by atoms with Crippen molar-refractivity contribution >= 4 is 44.3 Å². The van der Waals surface area contributed by atoms with Crippen molar-refractivity contribution in [1.29, 1.82) is 0 Å². The second kappa shape index (κ2) is 7.84. The number of hydrogen-bond donors (Lipinski definition) is 1. The van der Waals surface area contributed by atoms with Gasteiger partial charge in [0.1, 0.15) is 10.8 Å². The fourth-order valence-corrected chi connectivity index (χ4v) is 4.19. The molecule has 0 saturated carbocycles. The maximum Gasteiger partial charge on any atom is 0.291 e. The lowest BCUT2D eigenvalue weighted by Gasteiger charge is -2.09. The second-order valence-corrected chi connectivity index (χ2v) is 8.97. The maximum atomic E-state index is 12.7. The number of hydrogen-bond acceptors (Lipinski definition) is 5. The number of imidazole rings is 1. The van der Waals surface area contributed by atoms with Crippen molar-refractivity contribution < 1.29 is 8.42 Å². The summed E-state index contributed by atoms with van der Waals surface area (Å²) in [4.78, 5) is 16.7. The Bertz CT molecular complexity index is 1410. The predicted octanol–water partition coefficient (Wildman–Crippen LogP) is 2.90. The molecule has 0 unspecified atom stereocenters. The third-order valence-corrected chi connectivity index (χ3v) is 6.73. The lowest BCUT2D eigenvalue weighted by atomic mass is 10.3. The van der Waals surface area contributed by atoms with Crippen molar-refractivity contribution in [2.45, 2.75) is 11.4 Å². The standard InChI is InChI=1S/C19H15Cl2N5O3S/c1-25-16-5-3-2-4-15(16)24-17(25)11-23-30(28,29)13-8-6-12(7-9-13)26-19(27)18(21)14(20)10-22-26/h2-10,23H,11H2,1H3. The number of fused-ring (bicyclic) bond motifs is 1. The first-order valence-electron chi connectivity index (χ1n) is 8.72. The van der Waals surface area contributed by atoms with Gasteiger partial charge >= 0.3 is 0 Å². The van der Waals surface area contributed by atoms with Crippen LogP contribution in [0.3, 0.4) is 0 Å². The largest absolute Gasteiger partial charge is 0.330 e. The van der Waals surface area contributed by atoms with Gasteiger partial charge in [-0.25, -0.2) is 18.1 Å². The molecule has 8 nitrogen and oxygen atoms in total. The zero-order chi connectivity index (χ0) is 21.5. The zero-order valence-electron chi connectivity index (χ0n) is 15.6. The van der Waals surface area contributed by atoms with Crippen LogP contribution in [0.5, 0.6) is 0 Å². The lowest BCUT2D eigenvalue weighted by Crippen LogP contribution is -2.25. The average Bonchev–Trinajstić information content (AvgIpc) is 3.07. The molecule has 2 heterocycles. The molecule has 0 atom stereocenters. The second-order valence-electron chi connectivity index (χ2n) is 6.42. The molecule has 1 N–H and O–H groups in total. The highest BCUT2D eigenvalue weighted by Gasteiger charge is 2.17. The molecule has 0 aliphatic heterocycles. The zero-order valence-corrected chi connectivity index (χ0v) is 17.9. The van der Waals surface area contributed by atoms with Crippen LogP contribution in [-0.4, -0.2) is 27.7 Å². The summed E-state index contributed by atoms with van der Waals surface area (Å²) in [6.07, 6.45) is 1.24. The Hall–Kier alpha value is -2.72. The van der Waals surface area contributed by atoms with Gasteiger partial charge in [-0.2, -0.15) is 9.78 Å². The molecule has 154 valence electrons. The van der Waals surface area contributed by atoms with Gasteiger partial charge in [-0.15, -0.1) is 0 Å². The van der Waals surface area contributed by atoms with E-state index < -0.39 is 15.6 Å². The van der Waals surface area contributed by atoms with Crippen molar-refractivity contribution in [1.82, 2.24) is 24.1 Å². The van der Waals surface area contributed by atoms with Crippen molar-refractivity contribution in [2.24, 2.45) is 7.05 Å². The summed E-state index contributed by atoms with van der Waals surface area (Å²) in [5.41, 5.74) is 1.46. The van der Waals surface area contributed by atoms with E-state index in [2.05, 4.69) is 14.8 Å². The van der Waals surface area contributed by atoms with Gasteiger partial charge < -0.3 is 4.57 Å². The number of aromatic nitrogens is 4. The van der Waals surface area contributed by atoms with Gasteiger partial charge in [0.05, 0.1) is 39.4 Å². The Morgan fingerprint density at radius 1 is 1.07 bits per heavy atom. The minimum absolute atomic E-state index is 0.0308. The van der Waals surface area contributed by atoms with Crippen LogP contribution in [0.2, 0.25) is 10.0 Å². The molecule has 4 aromatic rings. The molecule has 0 aliphatic rings. The number of sulfonamides is 1. The van der Waals surface area contributed by atoms with E-state index in [1.54, 1.807) is 0 Å². The molecule has 0 bridgehead atoms. The Balaban J connectivity index is 1.57. The quantitative estimate of drug-likeness (QED) is 0.490. The molecule has 0 fully saturated rings. The summed E-state index contributed by atoms with van der Waals surface area (Å²) in [6, 6.07) is 13.2. The number of halogens is 2. The Morgan fingerprint density at radius 2 is 1.77 bits per heavy atom. The third-order valence-electron chi connectivity index (χ3n) is 4.57. The molecule has 2 aromatic carbocycles. The summed E-state index contributed by atoms with van der Waals surface area (Å²) in [5, 5.41) is 3.80. The summed E-state index contributed by atoms with van der Waals surface area (Å²) < 4.78 is 30.8. The molecule has 30 heavy (non-hydrogen) atoms. The van der Waals surface area contributed by atoms with Gasteiger partial charge in [0.2, 0.25) is 10.0 Å². The van der Waals surface area contributed by atoms with Gasteiger partial charge in [0, 0.05) is 7.05 Å². The van der Waals surface area contributed by atoms with E-state index in [1.807, 2.05) is 35.9 Å². The molecule has 0 radical (unpaired) electrons. The minimum Gasteiger partial charge on any atom is -0.330 e. The van der Waals surface area contributed by atoms with E-state index in [9.17, 15) is 13.2 Å². The molecule has 4 rings (SSSR count). The van der Waals surface area contributed by atoms with Crippen molar-refractivity contribution in [2.75, 3.05) is 0 Å². The van der Waals surface area contributed by atoms with E-state index in [0.29, 0.717) is 11.5 Å². The maximum absolute atomic E-state index is 12.7. The highest BCUT2D eigenvalue weighted by Crippen LogP contribution is 2.18. The summed E-state index contributed by atoms with van der Waals surface area (Å²) in [6.45, 7) is 0.0308. The van der Waals surface area contributed by atoms with Crippen LogP contribution >= 0.6 is 23.2 Å². The van der Waals surface area contributed by atoms with Gasteiger partial charge in [0.15, 0.2) is 0 Å². The van der Waals surface area contributed by atoms with Crippen LogP contribution in [0.15, 0.2) is 64.4 Å². The normalized spacial score (nSPS) is 11.8. The molecular weight excluding hydrogens is 449 g/mol. The number of aryl methyl sites for hydroxylation is 1. The van der Waals surface area contributed by atoms with E-state index in [1.165, 1.54) is 30.5 Å². The molecule has 0 saturated heterocycles. The Kier molecular flexibility index (Phi) is 5.37.